The number of anilines is 1. The highest BCUT2D eigenvalue weighted by molar-refractivity contribution is 9.10. The summed E-state index contributed by atoms with van der Waals surface area (Å²) in [5.41, 5.74) is 1.27. The fraction of sp³-hybridized carbons (Fsp3) is 0.267. The van der Waals surface area contributed by atoms with Gasteiger partial charge >= 0.3 is 0 Å². The predicted molar refractivity (Wildman–Crippen MR) is 83.3 cm³/mol. The molecule has 2 aromatic rings. The van der Waals surface area contributed by atoms with Gasteiger partial charge in [-0.1, -0.05) is 19.1 Å². The summed E-state index contributed by atoms with van der Waals surface area (Å²) >= 11 is 3.36. The minimum atomic E-state index is -0.161. The van der Waals surface area contributed by atoms with E-state index in [-0.39, 0.29) is 5.91 Å². The second-order valence-corrected chi connectivity index (χ2v) is 5.37. The van der Waals surface area contributed by atoms with Crippen molar-refractivity contribution in [2.24, 2.45) is 7.05 Å². The zero-order valence-corrected chi connectivity index (χ0v) is 13.1. The van der Waals surface area contributed by atoms with Gasteiger partial charge in [-0.05, 0) is 40.5 Å². The Kier molecular flexibility index (Phi) is 4.84. The largest absolute Gasteiger partial charge is 0.491 e. The Labute approximate surface area is 126 Å². The van der Waals surface area contributed by atoms with Crippen molar-refractivity contribution in [1.29, 1.82) is 0 Å². The average molecular weight is 337 g/mol. The van der Waals surface area contributed by atoms with Crippen LogP contribution in [0.3, 0.4) is 0 Å². The third-order valence-electron chi connectivity index (χ3n) is 2.80. The molecule has 0 bridgehead atoms. The summed E-state index contributed by atoms with van der Waals surface area (Å²) in [5, 5.41) is 2.88. The number of rotatable bonds is 5. The molecule has 4 nitrogen and oxygen atoms in total. The first-order chi connectivity index (χ1) is 9.61. The van der Waals surface area contributed by atoms with Crippen LogP contribution in [0.5, 0.6) is 5.75 Å². The maximum Gasteiger partial charge on any atom is 0.272 e. The summed E-state index contributed by atoms with van der Waals surface area (Å²) in [7, 11) is 1.83. The number of benzene rings is 1. The van der Waals surface area contributed by atoms with Crippen LogP contribution < -0.4 is 10.1 Å². The lowest BCUT2D eigenvalue weighted by molar-refractivity contribution is 0.101. The third kappa shape index (κ3) is 3.42. The molecule has 0 aliphatic heterocycles. The monoisotopic (exact) mass is 336 g/mol. The van der Waals surface area contributed by atoms with Crippen LogP contribution in [-0.4, -0.2) is 17.1 Å². The number of aryl methyl sites for hydroxylation is 1. The first-order valence-corrected chi connectivity index (χ1v) is 7.26. The molecule has 1 N–H and O–H groups in total. The third-order valence-corrected chi connectivity index (χ3v) is 3.23. The maximum absolute atomic E-state index is 12.3. The van der Waals surface area contributed by atoms with Crippen LogP contribution in [0.2, 0.25) is 0 Å². The van der Waals surface area contributed by atoms with Crippen molar-refractivity contribution in [3.8, 4) is 5.75 Å². The van der Waals surface area contributed by atoms with Crippen LogP contribution in [0.1, 0.15) is 23.8 Å². The Hall–Kier alpha value is -1.75. The molecule has 1 aromatic heterocycles. The Balaban J connectivity index is 2.17. The molecule has 1 amide bonds. The van der Waals surface area contributed by atoms with Gasteiger partial charge in [-0.15, -0.1) is 0 Å². The van der Waals surface area contributed by atoms with Gasteiger partial charge in [-0.3, -0.25) is 4.79 Å². The van der Waals surface area contributed by atoms with E-state index in [4.69, 9.17) is 4.74 Å². The number of hydrogen-bond donors (Lipinski definition) is 1. The van der Waals surface area contributed by atoms with Crippen molar-refractivity contribution in [3.05, 3.63) is 46.7 Å². The topological polar surface area (TPSA) is 43.3 Å². The molecule has 0 fully saturated rings. The molecule has 1 aromatic carbocycles. The highest BCUT2D eigenvalue weighted by Crippen LogP contribution is 2.25. The summed E-state index contributed by atoms with van der Waals surface area (Å²) < 4.78 is 8.28. The van der Waals surface area contributed by atoms with Gasteiger partial charge in [0.2, 0.25) is 0 Å². The molecule has 20 heavy (non-hydrogen) atoms. The molecule has 0 saturated carbocycles. The summed E-state index contributed by atoms with van der Waals surface area (Å²) in [6.45, 7) is 2.67. The van der Waals surface area contributed by atoms with Crippen LogP contribution in [0.4, 0.5) is 5.69 Å². The van der Waals surface area contributed by atoms with Crippen LogP contribution in [-0.2, 0) is 7.05 Å². The van der Waals surface area contributed by atoms with E-state index >= 15 is 0 Å². The van der Waals surface area contributed by atoms with Crippen molar-refractivity contribution < 1.29 is 9.53 Å². The molecule has 1 heterocycles. The Morgan fingerprint density at radius 2 is 2.15 bits per heavy atom. The fourth-order valence-corrected chi connectivity index (χ4v) is 2.37. The minimum Gasteiger partial charge on any atom is -0.491 e. The standard InChI is InChI=1S/C15H17BrN2O2/c1-3-8-20-14-7-5-4-6-12(14)17-15(19)13-9-11(16)10-18(13)2/h4-7,9-10H,3,8H2,1-2H3,(H,17,19). The van der Waals surface area contributed by atoms with E-state index in [9.17, 15) is 4.79 Å². The van der Waals surface area contributed by atoms with E-state index in [0.717, 1.165) is 10.9 Å². The Morgan fingerprint density at radius 1 is 1.40 bits per heavy atom. The molecule has 0 aliphatic rings. The molecule has 0 atom stereocenters. The molecule has 0 spiro atoms. The van der Waals surface area contributed by atoms with Gasteiger partial charge in [0.05, 0.1) is 12.3 Å². The molecular formula is C15H17BrN2O2. The summed E-state index contributed by atoms with van der Waals surface area (Å²) in [4.78, 5) is 12.3. The highest BCUT2D eigenvalue weighted by Gasteiger charge is 2.13. The maximum atomic E-state index is 12.3. The minimum absolute atomic E-state index is 0.161. The SMILES string of the molecule is CCCOc1ccccc1NC(=O)c1cc(Br)cn1C. The van der Waals surface area contributed by atoms with Gasteiger partial charge in [-0.2, -0.15) is 0 Å². The Bertz CT molecular complexity index is 608. The van der Waals surface area contributed by atoms with Gasteiger partial charge in [0.1, 0.15) is 11.4 Å². The van der Waals surface area contributed by atoms with Crippen molar-refractivity contribution in [1.82, 2.24) is 4.57 Å². The molecule has 0 saturated heterocycles. The fourth-order valence-electron chi connectivity index (χ4n) is 1.84. The van der Waals surface area contributed by atoms with Crippen LogP contribution in [0.25, 0.3) is 0 Å². The number of carbonyl (C=O) groups is 1. The molecule has 0 aliphatic carbocycles. The van der Waals surface area contributed by atoms with Crippen LogP contribution in [0, 0.1) is 0 Å². The zero-order valence-electron chi connectivity index (χ0n) is 11.5. The Morgan fingerprint density at radius 3 is 2.80 bits per heavy atom. The number of halogens is 1. The van der Waals surface area contributed by atoms with Gasteiger partial charge in [-0.25, -0.2) is 0 Å². The number of aromatic nitrogens is 1. The number of amides is 1. The summed E-state index contributed by atoms with van der Waals surface area (Å²) in [6, 6.07) is 9.23. The molecule has 2 rings (SSSR count). The zero-order chi connectivity index (χ0) is 14.5. The van der Waals surface area contributed by atoms with Crippen molar-refractivity contribution in [2.75, 3.05) is 11.9 Å². The number of ether oxygens (including phenoxy) is 1. The first kappa shape index (κ1) is 14.7. The van der Waals surface area contributed by atoms with E-state index < -0.39 is 0 Å². The lowest BCUT2D eigenvalue weighted by atomic mass is 10.2. The van der Waals surface area contributed by atoms with Crippen molar-refractivity contribution >= 4 is 27.5 Å². The van der Waals surface area contributed by atoms with Crippen LogP contribution >= 0.6 is 15.9 Å². The molecule has 0 unspecified atom stereocenters. The van der Waals surface area contributed by atoms with E-state index in [0.29, 0.717) is 23.7 Å². The predicted octanol–water partition coefficient (Wildman–Crippen LogP) is 3.83. The normalized spacial score (nSPS) is 10.3. The van der Waals surface area contributed by atoms with Crippen molar-refractivity contribution in [3.63, 3.8) is 0 Å². The van der Waals surface area contributed by atoms with E-state index in [1.807, 2.05) is 44.4 Å². The number of nitrogens with one attached hydrogen (secondary N) is 1. The smallest absolute Gasteiger partial charge is 0.272 e. The van der Waals surface area contributed by atoms with E-state index in [1.54, 1.807) is 10.6 Å². The summed E-state index contributed by atoms with van der Waals surface area (Å²) in [6.07, 6.45) is 2.77. The number of para-hydroxylation sites is 2. The van der Waals surface area contributed by atoms with Crippen molar-refractivity contribution in [2.45, 2.75) is 13.3 Å². The molecule has 106 valence electrons. The number of carbonyl (C=O) groups excluding carboxylic acids is 1. The second kappa shape index (κ2) is 6.61. The van der Waals surface area contributed by atoms with E-state index in [1.165, 1.54) is 0 Å². The van der Waals surface area contributed by atoms with Gasteiger partial charge < -0.3 is 14.6 Å². The lowest BCUT2D eigenvalue weighted by Crippen LogP contribution is -2.16. The first-order valence-electron chi connectivity index (χ1n) is 6.47. The lowest BCUT2D eigenvalue weighted by Gasteiger charge is -2.12. The van der Waals surface area contributed by atoms with Gasteiger partial charge in [0.25, 0.3) is 5.91 Å². The molecule has 5 heteroatoms. The second-order valence-electron chi connectivity index (χ2n) is 4.45. The number of hydrogen-bond acceptors (Lipinski definition) is 2. The highest BCUT2D eigenvalue weighted by atomic mass is 79.9. The van der Waals surface area contributed by atoms with Gasteiger partial charge in [0, 0.05) is 17.7 Å². The van der Waals surface area contributed by atoms with E-state index in [2.05, 4.69) is 21.2 Å². The number of nitrogens with zero attached hydrogens (tertiary/aromatic N) is 1. The quantitative estimate of drug-likeness (QED) is 0.901. The van der Waals surface area contributed by atoms with Crippen LogP contribution in [0.15, 0.2) is 41.0 Å². The molecular weight excluding hydrogens is 320 g/mol. The van der Waals surface area contributed by atoms with Gasteiger partial charge in [0.15, 0.2) is 0 Å². The summed E-state index contributed by atoms with van der Waals surface area (Å²) in [5.74, 6) is 0.529. The average Bonchev–Trinajstić information content (AvgIpc) is 2.77. The molecule has 0 radical (unpaired) electrons.